The van der Waals surface area contributed by atoms with Gasteiger partial charge in [-0.05, 0) is 46.6 Å². The molecule has 0 amide bonds. The van der Waals surface area contributed by atoms with Gasteiger partial charge >= 0.3 is 0 Å². The first-order valence-electron chi connectivity index (χ1n) is 5.67. The fourth-order valence-electron chi connectivity index (χ4n) is 1.75. The Kier molecular flexibility index (Phi) is 4.13. The molecule has 1 heterocycles. The molecule has 0 atom stereocenters. The van der Waals surface area contributed by atoms with Gasteiger partial charge in [0.2, 0.25) is 10.0 Å². The lowest BCUT2D eigenvalue weighted by atomic mass is 10.2. The molecule has 0 N–H and O–H groups in total. The first-order chi connectivity index (χ1) is 8.91. The molecular formula is C13H14BrNO3S. The number of nitrogens with zero attached hydrogens (tertiary/aromatic N) is 1. The molecule has 0 bridgehead atoms. The van der Waals surface area contributed by atoms with Crippen molar-refractivity contribution in [2.45, 2.75) is 18.4 Å². The van der Waals surface area contributed by atoms with E-state index in [1.807, 2.05) is 6.07 Å². The van der Waals surface area contributed by atoms with Crippen molar-refractivity contribution in [3.63, 3.8) is 0 Å². The monoisotopic (exact) mass is 343 g/mol. The second-order valence-electron chi connectivity index (χ2n) is 4.23. The number of furan rings is 1. The minimum absolute atomic E-state index is 0.197. The molecule has 1 aromatic carbocycles. The largest absolute Gasteiger partial charge is 0.453 e. The van der Waals surface area contributed by atoms with Crippen molar-refractivity contribution < 1.29 is 12.8 Å². The molecule has 19 heavy (non-hydrogen) atoms. The van der Waals surface area contributed by atoms with Gasteiger partial charge in [0, 0.05) is 7.05 Å². The number of rotatable bonds is 4. The van der Waals surface area contributed by atoms with Crippen molar-refractivity contribution >= 4 is 26.0 Å². The van der Waals surface area contributed by atoms with Gasteiger partial charge in [-0.3, -0.25) is 0 Å². The van der Waals surface area contributed by atoms with Crippen LogP contribution in [0.5, 0.6) is 0 Å². The Morgan fingerprint density at radius 3 is 2.47 bits per heavy atom. The standard InChI is InChI=1S/C13H14BrNO3S/c1-10-5-3-4-6-12(10)19(16,17)15(2)9-11-7-8-13(14)18-11/h3-8H,9H2,1-2H3. The highest BCUT2D eigenvalue weighted by molar-refractivity contribution is 9.10. The molecule has 0 fully saturated rings. The summed E-state index contributed by atoms with van der Waals surface area (Å²) in [5, 5.41) is 0. The van der Waals surface area contributed by atoms with Crippen LogP contribution in [-0.4, -0.2) is 19.8 Å². The van der Waals surface area contributed by atoms with Crippen LogP contribution >= 0.6 is 15.9 Å². The van der Waals surface area contributed by atoms with Crippen molar-refractivity contribution in [1.29, 1.82) is 0 Å². The Morgan fingerprint density at radius 2 is 1.89 bits per heavy atom. The van der Waals surface area contributed by atoms with Gasteiger partial charge in [-0.25, -0.2) is 8.42 Å². The van der Waals surface area contributed by atoms with E-state index in [9.17, 15) is 8.42 Å². The number of benzene rings is 1. The highest BCUT2D eigenvalue weighted by Gasteiger charge is 2.23. The zero-order valence-corrected chi connectivity index (χ0v) is 13.0. The predicted octanol–water partition coefficient (Wildman–Crippen LogP) is 3.17. The van der Waals surface area contributed by atoms with Crippen LogP contribution in [0.1, 0.15) is 11.3 Å². The molecule has 2 aromatic rings. The predicted molar refractivity (Wildman–Crippen MR) is 76.2 cm³/mol. The summed E-state index contributed by atoms with van der Waals surface area (Å²) in [6.45, 7) is 1.98. The lowest BCUT2D eigenvalue weighted by Crippen LogP contribution is -2.26. The summed E-state index contributed by atoms with van der Waals surface area (Å²) in [7, 11) is -1.96. The van der Waals surface area contributed by atoms with Gasteiger partial charge in [-0.15, -0.1) is 0 Å². The van der Waals surface area contributed by atoms with Crippen LogP contribution in [0, 0.1) is 6.92 Å². The highest BCUT2D eigenvalue weighted by Crippen LogP contribution is 2.21. The first-order valence-corrected chi connectivity index (χ1v) is 7.91. The first kappa shape index (κ1) is 14.3. The molecule has 0 aliphatic carbocycles. The molecule has 0 aliphatic rings. The van der Waals surface area contributed by atoms with Gasteiger partial charge in [0.1, 0.15) is 5.76 Å². The highest BCUT2D eigenvalue weighted by atomic mass is 79.9. The van der Waals surface area contributed by atoms with Crippen molar-refractivity contribution in [3.8, 4) is 0 Å². The van der Waals surface area contributed by atoms with E-state index in [-0.39, 0.29) is 6.54 Å². The molecular weight excluding hydrogens is 330 g/mol. The van der Waals surface area contributed by atoms with E-state index >= 15 is 0 Å². The molecule has 102 valence electrons. The van der Waals surface area contributed by atoms with Crippen LogP contribution in [0.3, 0.4) is 0 Å². The summed E-state index contributed by atoms with van der Waals surface area (Å²) < 4.78 is 32.1. The van der Waals surface area contributed by atoms with Crippen LogP contribution in [0.2, 0.25) is 0 Å². The molecule has 4 nitrogen and oxygen atoms in total. The van der Waals surface area contributed by atoms with Crippen molar-refractivity contribution in [1.82, 2.24) is 4.31 Å². The van der Waals surface area contributed by atoms with E-state index in [2.05, 4.69) is 15.9 Å². The minimum atomic E-state index is -3.50. The fourth-order valence-corrected chi connectivity index (χ4v) is 3.45. The average Bonchev–Trinajstić information content (AvgIpc) is 2.75. The van der Waals surface area contributed by atoms with Crippen LogP contribution in [0.25, 0.3) is 0 Å². The Bertz CT molecular complexity index is 679. The minimum Gasteiger partial charge on any atom is -0.453 e. The zero-order chi connectivity index (χ0) is 14.0. The Balaban J connectivity index is 2.27. The molecule has 0 spiro atoms. The maximum Gasteiger partial charge on any atom is 0.243 e. The Hall–Kier alpha value is -1.11. The smallest absolute Gasteiger partial charge is 0.243 e. The number of sulfonamides is 1. The molecule has 0 radical (unpaired) electrons. The Morgan fingerprint density at radius 1 is 1.21 bits per heavy atom. The third-order valence-corrected chi connectivity index (χ3v) is 5.18. The van der Waals surface area contributed by atoms with E-state index in [0.717, 1.165) is 5.56 Å². The number of aryl methyl sites for hydroxylation is 1. The van der Waals surface area contributed by atoms with Gasteiger partial charge < -0.3 is 4.42 Å². The van der Waals surface area contributed by atoms with E-state index < -0.39 is 10.0 Å². The van der Waals surface area contributed by atoms with Gasteiger partial charge in [0.05, 0.1) is 11.4 Å². The zero-order valence-electron chi connectivity index (χ0n) is 10.6. The normalized spacial score (nSPS) is 12.0. The SMILES string of the molecule is Cc1ccccc1S(=O)(=O)N(C)Cc1ccc(Br)o1. The van der Waals surface area contributed by atoms with Gasteiger partial charge in [0.25, 0.3) is 0 Å². The van der Waals surface area contributed by atoms with Crippen molar-refractivity contribution in [2.75, 3.05) is 7.05 Å². The summed E-state index contributed by atoms with van der Waals surface area (Å²) in [5.74, 6) is 0.589. The Labute approximate surface area is 121 Å². The van der Waals surface area contributed by atoms with Crippen LogP contribution < -0.4 is 0 Å². The lowest BCUT2D eigenvalue weighted by Gasteiger charge is -2.17. The van der Waals surface area contributed by atoms with Crippen molar-refractivity contribution in [3.05, 3.63) is 52.4 Å². The number of hydrogen-bond donors (Lipinski definition) is 0. The summed E-state index contributed by atoms with van der Waals surface area (Å²) in [5.41, 5.74) is 0.731. The topological polar surface area (TPSA) is 50.5 Å². The average molecular weight is 344 g/mol. The molecule has 1 aromatic heterocycles. The van der Waals surface area contributed by atoms with Gasteiger partial charge in [-0.1, -0.05) is 18.2 Å². The lowest BCUT2D eigenvalue weighted by molar-refractivity contribution is 0.398. The molecule has 0 aliphatic heterocycles. The molecule has 0 unspecified atom stereocenters. The second kappa shape index (κ2) is 5.48. The molecule has 6 heteroatoms. The summed E-state index contributed by atoms with van der Waals surface area (Å²) in [4.78, 5) is 0.322. The number of halogens is 1. The third kappa shape index (κ3) is 3.08. The van der Waals surface area contributed by atoms with Crippen LogP contribution in [0.15, 0.2) is 50.4 Å². The second-order valence-corrected chi connectivity index (χ2v) is 7.03. The van der Waals surface area contributed by atoms with Gasteiger partial charge in [0.15, 0.2) is 4.67 Å². The maximum atomic E-state index is 12.4. The van der Waals surface area contributed by atoms with Crippen molar-refractivity contribution in [2.24, 2.45) is 0 Å². The molecule has 0 saturated heterocycles. The third-order valence-electron chi connectivity index (χ3n) is 2.79. The van der Waals surface area contributed by atoms with E-state index in [4.69, 9.17) is 4.42 Å². The van der Waals surface area contributed by atoms with E-state index in [0.29, 0.717) is 15.3 Å². The van der Waals surface area contributed by atoms with Crippen LogP contribution in [-0.2, 0) is 16.6 Å². The quantitative estimate of drug-likeness (QED) is 0.856. The van der Waals surface area contributed by atoms with Crippen LogP contribution in [0.4, 0.5) is 0 Å². The summed E-state index contributed by atoms with van der Waals surface area (Å²) in [6, 6.07) is 10.4. The van der Waals surface area contributed by atoms with Gasteiger partial charge in [-0.2, -0.15) is 4.31 Å². The maximum absolute atomic E-state index is 12.4. The molecule has 0 saturated carbocycles. The number of hydrogen-bond acceptors (Lipinski definition) is 3. The summed E-state index contributed by atoms with van der Waals surface area (Å²) >= 11 is 3.19. The van der Waals surface area contributed by atoms with E-state index in [1.165, 1.54) is 11.4 Å². The fraction of sp³-hybridized carbons (Fsp3) is 0.231. The van der Waals surface area contributed by atoms with E-state index in [1.54, 1.807) is 37.3 Å². The molecule has 2 rings (SSSR count). The summed E-state index contributed by atoms with van der Waals surface area (Å²) in [6.07, 6.45) is 0.